The van der Waals surface area contributed by atoms with E-state index in [4.69, 9.17) is 0 Å². The van der Waals surface area contributed by atoms with Gasteiger partial charge in [-0.2, -0.15) is 0 Å². The number of benzene rings is 11. The van der Waals surface area contributed by atoms with Gasteiger partial charge in [-0.25, -0.2) is 0 Å². The van der Waals surface area contributed by atoms with Crippen molar-refractivity contribution in [2.24, 2.45) is 0 Å². The molecule has 0 saturated carbocycles. The Kier molecular flexibility index (Phi) is 9.13. The maximum absolute atomic E-state index is 2.46. The molecule has 0 unspecified atom stereocenters. The van der Waals surface area contributed by atoms with Crippen molar-refractivity contribution in [3.05, 3.63) is 283 Å². The van der Waals surface area contributed by atoms with Crippen molar-refractivity contribution in [2.75, 3.05) is 4.90 Å². The molecule has 0 atom stereocenters. The lowest BCUT2D eigenvalue weighted by Gasteiger charge is -2.35. The molecule has 11 aromatic rings. The summed E-state index contributed by atoms with van der Waals surface area (Å²) in [4.78, 5) is 2.45. The summed E-state index contributed by atoms with van der Waals surface area (Å²) < 4.78 is 0. The van der Waals surface area contributed by atoms with Gasteiger partial charge < -0.3 is 4.90 Å². The summed E-state index contributed by atoms with van der Waals surface area (Å²) in [5.74, 6) is 0. The standard InChI is InChI=1S/C63H43N/c1-4-19-47(20-5-1)62-56-28-13-12-18-46(56)35-39-57(62)50-22-16-27-54(42-50)64(53-36-33-45(34-37-53)49-32-31-44-17-10-11-21-48(44)41-49)55-38-40-59-58-29-14-15-30-60(58)63(61(59)43-55,51-23-6-2-7-24-51)52-25-8-3-9-26-52/h1-43H. The van der Waals surface area contributed by atoms with Crippen molar-refractivity contribution in [1.29, 1.82) is 0 Å². The molecule has 0 aliphatic heterocycles. The highest BCUT2D eigenvalue weighted by atomic mass is 15.1. The Morgan fingerprint density at radius 1 is 0.266 bits per heavy atom. The van der Waals surface area contributed by atoms with Gasteiger partial charge in [0.1, 0.15) is 0 Å². The largest absolute Gasteiger partial charge is 0.310 e. The summed E-state index contributed by atoms with van der Waals surface area (Å²) in [5, 5.41) is 4.96. The van der Waals surface area contributed by atoms with Gasteiger partial charge in [-0.1, -0.05) is 218 Å². The summed E-state index contributed by atoms with van der Waals surface area (Å²) in [7, 11) is 0. The molecule has 0 fully saturated rings. The van der Waals surface area contributed by atoms with Gasteiger partial charge in [0.05, 0.1) is 5.41 Å². The van der Waals surface area contributed by atoms with Crippen molar-refractivity contribution >= 4 is 38.6 Å². The molecule has 12 rings (SSSR count). The first-order chi connectivity index (χ1) is 31.7. The summed E-state index contributed by atoms with van der Waals surface area (Å²) in [6.45, 7) is 0. The third-order valence-electron chi connectivity index (χ3n) is 13.3. The Morgan fingerprint density at radius 3 is 1.58 bits per heavy atom. The highest BCUT2D eigenvalue weighted by Crippen LogP contribution is 2.57. The molecule has 0 amide bonds. The lowest BCUT2D eigenvalue weighted by atomic mass is 9.67. The van der Waals surface area contributed by atoms with Crippen molar-refractivity contribution in [3.8, 4) is 44.5 Å². The van der Waals surface area contributed by atoms with Crippen molar-refractivity contribution < 1.29 is 0 Å². The molecule has 0 saturated heterocycles. The predicted octanol–water partition coefficient (Wildman–Crippen LogP) is 16.8. The Bertz CT molecular complexity index is 3440. The fourth-order valence-electron chi connectivity index (χ4n) is 10.4. The highest BCUT2D eigenvalue weighted by molar-refractivity contribution is 6.04. The molecule has 300 valence electrons. The van der Waals surface area contributed by atoms with E-state index < -0.39 is 5.41 Å². The molecule has 0 N–H and O–H groups in total. The summed E-state index contributed by atoms with van der Waals surface area (Å²) in [6, 6.07) is 95.9. The zero-order valence-electron chi connectivity index (χ0n) is 35.3. The second kappa shape index (κ2) is 15.6. The second-order valence-corrected chi connectivity index (χ2v) is 16.8. The summed E-state index contributed by atoms with van der Waals surface area (Å²) in [5.41, 5.74) is 17.6. The Labute approximate surface area is 374 Å². The van der Waals surface area contributed by atoms with Crippen LogP contribution >= 0.6 is 0 Å². The van der Waals surface area contributed by atoms with Crippen LogP contribution in [0.4, 0.5) is 17.1 Å². The fraction of sp³-hybridized carbons (Fsp3) is 0.0159. The van der Waals surface area contributed by atoms with E-state index in [-0.39, 0.29) is 0 Å². The molecule has 64 heavy (non-hydrogen) atoms. The minimum absolute atomic E-state index is 0.520. The van der Waals surface area contributed by atoms with Gasteiger partial charge in [0, 0.05) is 17.1 Å². The molecule has 11 aromatic carbocycles. The Balaban J connectivity index is 1.07. The van der Waals surface area contributed by atoms with E-state index in [1.807, 2.05) is 0 Å². The molecule has 0 bridgehead atoms. The van der Waals surface area contributed by atoms with Crippen LogP contribution in [0.3, 0.4) is 0 Å². The fourth-order valence-corrected chi connectivity index (χ4v) is 10.4. The molecule has 0 heterocycles. The number of nitrogens with zero attached hydrogens (tertiary/aromatic N) is 1. The first-order valence-corrected chi connectivity index (χ1v) is 22.2. The molecule has 1 heteroatoms. The third kappa shape index (κ3) is 6.16. The van der Waals surface area contributed by atoms with Gasteiger partial charge in [-0.05, 0) is 131 Å². The minimum Gasteiger partial charge on any atom is -0.310 e. The van der Waals surface area contributed by atoms with Gasteiger partial charge in [0.25, 0.3) is 0 Å². The zero-order chi connectivity index (χ0) is 42.5. The van der Waals surface area contributed by atoms with Gasteiger partial charge in [0.2, 0.25) is 0 Å². The maximum Gasteiger partial charge on any atom is 0.0714 e. The average Bonchev–Trinajstić information content (AvgIpc) is 3.67. The smallest absolute Gasteiger partial charge is 0.0714 e. The van der Waals surface area contributed by atoms with Gasteiger partial charge in [-0.3, -0.25) is 0 Å². The lowest BCUT2D eigenvalue weighted by molar-refractivity contribution is 0.768. The first kappa shape index (κ1) is 37.5. The van der Waals surface area contributed by atoms with Crippen LogP contribution in [0.15, 0.2) is 261 Å². The summed E-state index contributed by atoms with van der Waals surface area (Å²) in [6.07, 6.45) is 0. The number of hydrogen-bond acceptors (Lipinski definition) is 1. The van der Waals surface area contributed by atoms with Crippen LogP contribution in [0.5, 0.6) is 0 Å². The van der Waals surface area contributed by atoms with Crippen LogP contribution < -0.4 is 4.90 Å². The van der Waals surface area contributed by atoms with E-state index in [0.717, 1.165) is 22.6 Å². The second-order valence-electron chi connectivity index (χ2n) is 16.8. The van der Waals surface area contributed by atoms with Crippen LogP contribution in [-0.2, 0) is 5.41 Å². The van der Waals surface area contributed by atoms with Crippen molar-refractivity contribution in [2.45, 2.75) is 5.41 Å². The summed E-state index contributed by atoms with van der Waals surface area (Å²) >= 11 is 0. The number of hydrogen-bond donors (Lipinski definition) is 0. The first-order valence-electron chi connectivity index (χ1n) is 22.2. The predicted molar refractivity (Wildman–Crippen MR) is 270 cm³/mol. The maximum atomic E-state index is 2.46. The quantitative estimate of drug-likeness (QED) is 0.148. The van der Waals surface area contributed by atoms with E-state index >= 15 is 0 Å². The lowest BCUT2D eigenvalue weighted by Crippen LogP contribution is -2.28. The van der Waals surface area contributed by atoms with E-state index in [0.29, 0.717) is 0 Å². The normalized spacial score (nSPS) is 12.5. The van der Waals surface area contributed by atoms with Crippen LogP contribution in [0, 0.1) is 0 Å². The van der Waals surface area contributed by atoms with E-state index in [1.54, 1.807) is 0 Å². The number of fused-ring (bicyclic) bond motifs is 5. The molecular weight excluding hydrogens is 771 g/mol. The molecule has 0 spiro atoms. The SMILES string of the molecule is c1ccc(-c2c(-c3cccc(N(c4ccc(-c5ccc6ccccc6c5)cc4)c4ccc5c(c4)C(c4ccccc4)(c4ccccc4)c4ccccc4-5)c3)ccc3ccccc23)cc1. The van der Waals surface area contributed by atoms with Gasteiger partial charge >= 0.3 is 0 Å². The average molecular weight is 814 g/mol. The molecule has 1 nitrogen and oxygen atoms in total. The molecular formula is C63H43N. The van der Waals surface area contributed by atoms with Crippen molar-refractivity contribution in [1.82, 2.24) is 0 Å². The van der Waals surface area contributed by atoms with E-state index in [1.165, 1.54) is 82.7 Å². The third-order valence-corrected chi connectivity index (χ3v) is 13.3. The van der Waals surface area contributed by atoms with E-state index in [9.17, 15) is 0 Å². The van der Waals surface area contributed by atoms with Crippen LogP contribution in [-0.4, -0.2) is 0 Å². The Morgan fingerprint density at radius 2 is 0.812 bits per heavy atom. The van der Waals surface area contributed by atoms with E-state index in [2.05, 4.69) is 266 Å². The zero-order valence-corrected chi connectivity index (χ0v) is 35.3. The van der Waals surface area contributed by atoms with Gasteiger partial charge in [-0.15, -0.1) is 0 Å². The monoisotopic (exact) mass is 813 g/mol. The molecule has 0 aromatic heterocycles. The molecule has 0 radical (unpaired) electrons. The number of rotatable bonds is 8. The van der Waals surface area contributed by atoms with Crippen LogP contribution in [0.2, 0.25) is 0 Å². The van der Waals surface area contributed by atoms with Crippen molar-refractivity contribution in [3.63, 3.8) is 0 Å². The van der Waals surface area contributed by atoms with Crippen LogP contribution in [0.25, 0.3) is 66.1 Å². The minimum atomic E-state index is -0.520. The molecule has 1 aliphatic carbocycles. The Hall–Kier alpha value is -8.26. The van der Waals surface area contributed by atoms with Crippen LogP contribution in [0.1, 0.15) is 22.3 Å². The highest BCUT2D eigenvalue weighted by Gasteiger charge is 2.46. The topological polar surface area (TPSA) is 3.24 Å². The molecule has 1 aliphatic rings. The van der Waals surface area contributed by atoms with Gasteiger partial charge in [0.15, 0.2) is 0 Å². The number of anilines is 3.